The van der Waals surface area contributed by atoms with Gasteiger partial charge in [-0.25, -0.2) is 4.79 Å². The third-order valence-electron chi connectivity index (χ3n) is 2.49. The number of amides is 1. The zero-order valence-corrected chi connectivity index (χ0v) is 10.0. The Bertz CT molecular complexity index is 205. The van der Waals surface area contributed by atoms with E-state index in [4.69, 9.17) is 4.74 Å². The van der Waals surface area contributed by atoms with Crippen LogP contribution in [-0.2, 0) is 4.74 Å². The van der Waals surface area contributed by atoms with E-state index >= 15 is 0 Å². The maximum absolute atomic E-state index is 11.4. The second-order valence-corrected chi connectivity index (χ2v) is 5.19. The summed E-state index contributed by atoms with van der Waals surface area (Å²) >= 11 is 0. The second kappa shape index (κ2) is 5.35. The molecule has 1 rings (SSSR count). The number of hydrogen-bond donors (Lipinski definition) is 2. The maximum Gasteiger partial charge on any atom is 0.407 e. The standard InChI is InChI=1S/C11H22N2O2/c1-11(2,3)15-10(14)13-8-9-4-6-12-7-5-9/h9,12H,4-8H2,1-3H3,(H,13,14)/p+1. The van der Waals surface area contributed by atoms with Gasteiger partial charge in [-0.3, -0.25) is 0 Å². The minimum absolute atomic E-state index is 0.294. The Kier molecular flexibility index (Phi) is 4.39. The fourth-order valence-electron chi connectivity index (χ4n) is 1.74. The topological polar surface area (TPSA) is 54.9 Å². The average molecular weight is 215 g/mol. The molecule has 1 heterocycles. The van der Waals surface area contributed by atoms with Gasteiger partial charge in [0.1, 0.15) is 5.60 Å². The van der Waals surface area contributed by atoms with Gasteiger partial charge in [-0.1, -0.05) is 0 Å². The minimum Gasteiger partial charge on any atom is -0.444 e. The normalized spacial score (nSPS) is 18.6. The first-order valence-electron chi connectivity index (χ1n) is 5.76. The molecule has 1 amide bonds. The molecule has 0 aromatic rings. The van der Waals surface area contributed by atoms with E-state index in [0.29, 0.717) is 5.92 Å². The number of quaternary nitrogens is 1. The molecule has 0 atom stereocenters. The Balaban J connectivity index is 2.15. The van der Waals surface area contributed by atoms with Crippen LogP contribution in [0.25, 0.3) is 0 Å². The summed E-state index contributed by atoms with van der Waals surface area (Å²) in [6.45, 7) is 8.75. The van der Waals surface area contributed by atoms with Gasteiger partial charge in [0.05, 0.1) is 13.1 Å². The van der Waals surface area contributed by atoms with E-state index in [1.807, 2.05) is 20.8 Å². The van der Waals surface area contributed by atoms with E-state index in [-0.39, 0.29) is 6.09 Å². The molecular formula is C11H23N2O2+. The highest BCUT2D eigenvalue weighted by Crippen LogP contribution is 2.09. The lowest BCUT2D eigenvalue weighted by molar-refractivity contribution is -0.664. The van der Waals surface area contributed by atoms with Gasteiger partial charge in [0.15, 0.2) is 0 Å². The van der Waals surface area contributed by atoms with Crippen molar-refractivity contribution in [1.82, 2.24) is 5.32 Å². The Morgan fingerprint density at radius 1 is 1.40 bits per heavy atom. The summed E-state index contributed by atoms with van der Waals surface area (Å²) in [7, 11) is 0. The van der Waals surface area contributed by atoms with Crippen molar-refractivity contribution in [2.75, 3.05) is 19.6 Å². The average Bonchev–Trinajstić information content (AvgIpc) is 2.14. The minimum atomic E-state index is -0.398. The van der Waals surface area contributed by atoms with Gasteiger partial charge in [0.2, 0.25) is 0 Å². The molecule has 3 N–H and O–H groups in total. The fourth-order valence-corrected chi connectivity index (χ4v) is 1.74. The van der Waals surface area contributed by atoms with Gasteiger partial charge in [0.25, 0.3) is 0 Å². The van der Waals surface area contributed by atoms with E-state index in [1.165, 1.54) is 25.9 Å². The molecule has 0 unspecified atom stereocenters. The van der Waals surface area contributed by atoms with Gasteiger partial charge in [-0.05, 0) is 26.7 Å². The van der Waals surface area contributed by atoms with E-state index in [9.17, 15) is 4.79 Å². The molecule has 0 bridgehead atoms. The molecule has 1 saturated heterocycles. The maximum atomic E-state index is 11.4. The third kappa shape index (κ3) is 5.62. The summed E-state index contributed by atoms with van der Waals surface area (Å²) in [5, 5.41) is 5.16. The lowest BCUT2D eigenvalue weighted by atomic mass is 9.98. The van der Waals surface area contributed by atoms with Crippen molar-refractivity contribution in [2.45, 2.75) is 39.2 Å². The van der Waals surface area contributed by atoms with Crippen LogP contribution in [0, 0.1) is 5.92 Å². The highest BCUT2D eigenvalue weighted by molar-refractivity contribution is 5.67. The van der Waals surface area contributed by atoms with Gasteiger partial charge < -0.3 is 15.4 Å². The summed E-state index contributed by atoms with van der Waals surface area (Å²) < 4.78 is 5.17. The molecule has 1 aliphatic rings. The largest absolute Gasteiger partial charge is 0.444 e. The lowest BCUT2D eigenvalue weighted by Gasteiger charge is -2.23. The molecule has 4 nitrogen and oxygen atoms in total. The summed E-state index contributed by atoms with van der Waals surface area (Å²) in [6.07, 6.45) is 2.09. The van der Waals surface area contributed by atoms with Crippen molar-refractivity contribution in [2.24, 2.45) is 5.92 Å². The van der Waals surface area contributed by atoms with E-state index in [2.05, 4.69) is 10.6 Å². The predicted octanol–water partition coefficient (Wildman–Crippen LogP) is 0.485. The number of hydrogen-bond acceptors (Lipinski definition) is 2. The van der Waals surface area contributed by atoms with Crippen molar-refractivity contribution in [3.8, 4) is 0 Å². The lowest BCUT2D eigenvalue weighted by Crippen LogP contribution is -2.86. The second-order valence-electron chi connectivity index (χ2n) is 5.19. The van der Waals surface area contributed by atoms with E-state index in [1.54, 1.807) is 0 Å². The number of ether oxygens (including phenoxy) is 1. The van der Waals surface area contributed by atoms with Crippen LogP contribution in [0.2, 0.25) is 0 Å². The molecule has 0 aliphatic carbocycles. The molecule has 88 valence electrons. The van der Waals surface area contributed by atoms with Crippen LogP contribution in [0.4, 0.5) is 4.79 Å². The molecule has 0 aromatic heterocycles. The zero-order valence-electron chi connectivity index (χ0n) is 10.0. The van der Waals surface area contributed by atoms with E-state index < -0.39 is 5.60 Å². The summed E-state index contributed by atoms with van der Waals surface area (Å²) in [5.41, 5.74) is -0.398. The molecule has 0 spiro atoms. The first-order chi connectivity index (χ1) is 6.97. The number of nitrogens with one attached hydrogen (secondary N) is 1. The molecule has 0 saturated carbocycles. The first-order valence-corrected chi connectivity index (χ1v) is 5.76. The van der Waals surface area contributed by atoms with Crippen LogP contribution in [0.1, 0.15) is 33.6 Å². The van der Waals surface area contributed by atoms with E-state index in [0.717, 1.165) is 6.54 Å². The van der Waals surface area contributed by atoms with Crippen LogP contribution in [-0.4, -0.2) is 31.3 Å². The highest BCUT2D eigenvalue weighted by Gasteiger charge is 2.19. The molecule has 1 fully saturated rings. The number of carbonyl (C=O) groups is 1. The van der Waals surface area contributed by atoms with Crippen molar-refractivity contribution < 1.29 is 14.8 Å². The van der Waals surface area contributed by atoms with Crippen LogP contribution in [0.5, 0.6) is 0 Å². The van der Waals surface area contributed by atoms with Crippen molar-refractivity contribution in [1.29, 1.82) is 0 Å². The Morgan fingerprint density at radius 3 is 2.53 bits per heavy atom. The summed E-state index contributed by atoms with van der Waals surface area (Å²) in [6, 6.07) is 0. The molecule has 0 radical (unpaired) electrons. The van der Waals surface area contributed by atoms with Crippen molar-refractivity contribution >= 4 is 6.09 Å². The van der Waals surface area contributed by atoms with Crippen LogP contribution >= 0.6 is 0 Å². The quantitative estimate of drug-likeness (QED) is 0.704. The Morgan fingerprint density at radius 2 is 2.00 bits per heavy atom. The highest BCUT2D eigenvalue weighted by atomic mass is 16.6. The van der Waals surface area contributed by atoms with Crippen LogP contribution in [0.3, 0.4) is 0 Å². The summed E-state index contributed by atoms with van der Waals surface area (Å²) in [4.78, 5) is 11.4. The Hall–Kier alpha value is -0.770. The van der Waals surface area contributed by atoms with Gasteiger partial charge in [-0.15, -0.1) is 0 Å². The van der Waals surface area contributed by atoms with Gasteiger partial charge in [-0.2, -0.15) is 0 Å². The number of nitrogens with two attached hydrogens (primary N) is 1. The molecule has 15 heavy (non-hydrogen) atoms. The smallest absolute Gasteiger partial charge is 0.407 e. The number of piperidine rings is 1. The number of carbonyl (C=O) groups excluding carboxylic acids is 1. The zero-order chi connectivity index (χ0) is 11.3. The molecule has 4 heteroatoms. The monoisotopic (exact) mass is 215 g/mol. The third-order valence-corrected chi connectivity index (χ3v) is 2.49. The van der Waals surface area contributed by atoms with Crippen LogP contribution in [0.15, 0.2) is 0 Å². The van der Waals surface area contributed by atoms with Crippen molar-refractivity contribution in [3.63, 3.8) is 0 Å². The first kappa shape index (κ1) is 12.3. The summed E-state index contributed by atoms with van der Waals surface area (Å²) in [5.74, 6) is 0.627. The van der Waals surface area contributed by atoms with Gasteiger partial charge >= 0.3 is 6.09 Å². The molecule has 0 aromatic carbocycles. The fraction of sp³-hybridized carbons (Fsp3) is 0.909. The SMILES string of the molecule is CC(C)(C)OC(=O)NCC1CC[NH2+]CC1. The Labute approximate surface area is 91.8 Å². The van der Waals surface area contributed by atoms with Crippen LogP contribution < -0.4 is 10.6 Å². The number of rotatable bonds is 2. The predicted molar refractivity (Wildman–Crippen MR) is 58.6 cm³/mol. The van der Waals surface area contributed by atoms with Gasteiger partial charge in [0, 0.05) is 19.4 Å². The molecule has 1 aliphatic heterocycles. The number of alkyl carbamates (subject to hydrolysis) is 1. The van der Waals surface area contributed by atoms with Crippen molar-refractivity contribution in [3.05, 3.63) is 0 Å². The molecular weight excluding hydrogens is 192 g/mol.